The number of nitrogens with zero attached hydrogens (tertiary/aromatic N) is 2. The molecule has 1 amide bonds. The van der Waals surface area contributed by atoms with Crippen LogP contribution in [-0.4, -0.2) is 48.1 Å². The van der Waals surface area contributed by atoms with Gasteiger partial charge in [-0.15, -0.1) is 0 Å². The van der Waals surface area contributed by atoms with Crippen LogP contribution >= 0.6 is 0 Å². The molecule has 1 atom stereocenters. The van der Waals surface area contributed by atoms with Gasteiger partial charge in [-0.25, -0.2) is 0 Å². The minimum absolute atomic E-state index is 0.0619. The predicted octanol–water partition coefficient (Wildman–Crippen LogP) is 4.78. The van der Waals surface area contributed by atoms with Gasteiger partial charge in [0, 0.05) is 12.5 Å². The molecule has 2 aromatic carbocycles. The molecule has 28 heavy (non-hydrogen) atoms. The van der Waals surface area contributed by atoms with Crippen LogP contribution in [0.2, 0.25) is 0 Å². The number of carbonyl (C=O) groups excluding carboxylic acids is 1. The summed E-state index contributed by atoms with van der Waals surface area (Å²) >= 11 is 0. The van der Waals surface area contributed by atoms with Crippen molar-refractivity contribution in [2.75, 3.05) is 26.2 Å². The molecule has 2 aliphatic rings. The molecule has 3 nitrogen and oxygen atoms in total. The summed E-state index contributed by atoms with van der Waals surface area (Å²) in [5.41, 5.74) is 1.18. The van der Waals surface area contributed by atoms with Gasteiger partial charge in [-0.1, -0.05) is 42.5 Å². The number of hydrogen-bond donors (Lipinski definition) is 0. The molecule has 0 spiro atoms. The minimum Gasteiger partial charge on any atom is -0.335 e. The number of rotatable bonds is 3. The van der Waals surface area contributed by atoms with E-state index in [1.54, 1.807) is 0 Å². The van der Waals surface area contributed by atoms with E-state index in [9.17, 15) is 18.0 Å². The molecule has 2 aliphatic heterocycles. The van der Waals surface area contributed by atoms with Crippen molar-refractivity contribution >= 4 is 16.7 Å². The number of fused-ring (bicyclic) bond motifs is 1. The van der Waals surface area contributed by atoms with Crippen molar-refractivity contribution in [3.63, 3.8) is 0 Å². The number of piperidine rings is 1. The topological polar surface area (TPSA) is 23.6 Å². The molecule has 2 aromatic rings. The van der Waals surface area contributed by atoms with Gasteiger partial charge in [0.15, 0.2) is 0 Å². The number of hydrogen-bond acceptors (Lipinski definition) is 2. The summed E-state index contributed by atoms with van der Waals surface area (Å²) < 4.78 is 37.8. The Hall–Kier alpha value is -2.08. The predicted molar refractivity (Wildman–Crippen MR) is 103 cm³/mol. The Bertz CT molecular complexity index is 838. The van der Waals surface area contributed by atoms with Crippen molar-refractivity contribution in [2.24, 2.45) is 5.92 Å². The fourth-order valence-electron chi connectivity index (χ4n) is 4.72. The Kier molecular flexibility index (Phi) is 5.32. The zero-order chi connectivity index (χ0) is 19.7. The van der Waals surface area contributed by atoms with Gasteiger partial charge in [-0.2, -0.15) is 13.2 Å². The number of amides is 1. The molecular formula is C22H25F3N2O. The first kappa shape index (κ1) is 19.2. The summed E-state index contributed by atoms with van der Waals surface area (Å²) in [6.07, 6.45) is -1.26. The summed E-state index contributed by atoms with van der Waals surface area (Å²) in [6.45, 7) is 0.525. The van der Waals surface area contributed by atoms with E-state index in [4.69, 9.17) is 0 Å². The van der Waals surface area contributed by atoms with Crippen LogP contribution in [0.15, 0.2) is 42.5 Å². The largest absolute Gasteiger partial charge is 0.401 e. The van der Waals surface area contributed by atoms with E-state index in [1.807, 2.05) is 23.1 Å². The second-order valence-electron chi connectivity index (χ2n) is 7.92. The second kappa shape index (κ2) is 7.74. The molecule has 0 aliphatic carbocycles. The van der Waals surface area contributed by atoms with Gasteiger partial charge in [0.05, 0.1) is 12.6 Å². The van der Waals surface area contributed by atoms with E-state index in [0.717, 1.165) is 19.4 Å². The van der Waals surface area contributed by atoms with Crippen molar-refractivity contribution in [3.05, 3.63) is 48.0 Å². The summed E-state index contributed by atoms with van der Waals surface area (Å²) in [5.74, 6) is -0.0536. The molecule has 4 rings (SSSR count). The van der Waals surface area contributed by atoms with Crippen LogP contribution < -0.4 is 0 Å². The summed E-state index contributed by atoms with van der Waals surface area (Å²) in [5, 5.41) is 2.34. The lowest BCUT2D eigenvalue weighted by molar-refractivity contribution is -0.151. The molecule has 0 saturated carbocycles. The van der Waals surface area contributed by atoms with Crippen molar-refractivity contribution in [3.8, 4) is 0 Å². The molecule has 6 heteroatoms. The number of likely N-dealkylation sites (tertiary alicyclic amines) is 2. The van der Waals surface area contributed by atoms with E-state index < -0.39 is 12.7 Å². The fourth-order valence-corrected chi connectivity index (χ4v) is 4.72. The molecule has 0 radical (unpaired) electrons. The Morgan fingerprint density at radius 3 is 2.43 bits per heavy atom. The number of carbonyl (C=O) groups is 1. The van der Waals surface area contributed by atoms with Gasteiger partial charge in [0.1, 0.15) is 0 Å². The standard InChI is InChI=1S/C22H25F3N2O/c23-22(24,25)15-26-13-10-17(11-14-26)21(28)27-12-4-9-20(27)19-8-3-6-16-5-1-2-7-18(16)19/h1-3,5-8,17,20H,4,9-15H2. The first-order valence-electron chi connectivity index (χ1n) is 9.99. The maximum Gasteiger partial charge on any atom is 0.401 e. The zero-order valence-electron chi connectivity index (χ0n) is 15.8. The lowest BCUT2D eigenvalue weighted by Crippen LogP contribution is -2.44. The van der Waals surface area contributed by atoms with E-state index in [2.05, 4.69) is 24.3 Å². The highest BCUT2D eigenvalue weighted by Crippen LogP contribution is 2.38. The molecule has 2 saturated heterocycles. The van der Waals surface area contributed by atoms with Crippen LogP contribution in [0, 0.1) is 5.92 Å². The molecule has 0 N–H and O–H groups in total. The van der Waals surface area contributed by atoms with Crippen LogP contribution in [0.4, 0.5) is 13.2 Å². The smallest absolute Gasteiger partial charge is 0.335 e. The minimum atomic E-state index is -4.18. The Labute approximate surface area is 163 Å². The third kappa shape index (κ3) is 4.02. The van der Waals surface area contributed by atoms with Crippen LogP contribution in [0.3, 0.4) is 0 Å². The Morgan fingerprint density at radius 1 is 0.964 bits per heavy atom. The normalized spacial score (nSPS) is 22.1. The number of alkyl halides is 3. The highest BCUT2D eigenvalue weighted by molar-refractivity contribution is 5.87. The molecule has 1 unspecified atom stereocenters. The third-order valence-electron chi connectivity index (χ3n) is 6.06. The number of halogens is 3. The quantitative estimate of drug-likeness (QED) is 0.753. The Morgan fingerprint density at radius 2 is 1.68 bits per heavy atom. The lowest BCUT2D eigenvalue weighted by atomic mass is 9.93. The Balaban J connectivity index is 1.47. The molecule has 2 fully saturated rings. The van der Waals surface area contributed by atoms with Gasteiger partial charge in [-0.05, 0) is 55.1 Å². The average molecular weight is 390 g/mol. The van der Waals surface area contributed by atoms with Crippen LogP contribution in [-0.2, 0) is 4.79 Å². The van der Waals surface area contributed by atoms with E-state index in [-0.39, 0.29) is 17.9 Å². The first-order valence-corrected chi connectivity index (χ1v) is 9.99. The van der Waals surface area contributed by atoms with Gasteiger partial charge in [0.2, 0.25) is 5.91 Å². The van der Waals surface area contributed by atoms with E-state index >= 15 is 0 Å². The summed E-state index contributed by atoms with van der Waals surface area (Å²) in [6, 6.07) is 14.5. The number of benzene rings is 2. The lowest BCUT2D eigenvalue weighted by Gasteiger charge is -2.35. The van der Waals surface area contributed by atoms with E-state index in [0.29, 0.717) is 25.9 Å². The third-order valence-corrected chi connectivity index (χ3v) is 6.06. The maximum atomic E-state index is 13.2. The highest BCUT2D eigenvalue weighted by atomic mass is 19.4. The molecule has 0 aromatic heterocycles. The zero-order valence-corrected chi connectivity index (χ0v) is 15.8. The molecule has 150 valence electrons. The van der Waals surface area contributed by atoms with Crippen LogP contribution in [0.5, 0.6) is 0 Å². The van der Waals surface area contributed by atoms with Crippen LogP contribution in [0.1, 0.15) is 37.3 Å². The van der Waals surface area contributed by atoms with Gasteiger partial charge in [0.25, 0.3) is 0 Å². The molecule has 2 heterocycles. The second-order valence-corrected chi connectivity index (χ2v) is 7.92. The molecule has 0 bridgehead atoms. The summed E-state index contributed by atoms with van der Waals surface area (Å²) in [4.78, 5) is 16.6. The van der Waals surface area contributed by atoms with Crippen molar-refractivity contribution in [1.82, 2.24) is 9.80 Å². The van der Waals surface area contributed by atoms with Gasteiger partial charge >= 0.3 is 6.18 Å². The monoisotopic (exact) mass is 390 g/mol. The van der Waals surface area contributed by atoms with Crippen LogP contribution in [0.25, 0.3) is 10.8 Å². The fraction of sp³-hybridized carbons (Fsp3) is 0.500. The SMILES string of the molecule is O=C(C1CCN(CC(F)(F)F)CC1)N1CCCC1c1cccc2ccccc12. The maximum absolute atomic E-state index is 13.2. The van der Waals surface area contributed by atoms with Crippen molar-refractivity contribution < 1.29 is 18.0 Å². The van der Waals surface area contributed by atoms with E-state index in [1.165, 1.54) is 21.2 Å². The first-order chi connectivity index (χ1) is 13.4. The molecular weight excluding hydrogens is 365 g/mol. The summed E-state index contributed by atoms with van der Waals surface area (Å²) in [7, 11) is 0. The van der Waals surface area contributed by atoms with Crippen molar-refractivity contribution in [1.29, 1.82) is 0 Å². The van der Waals surface area contributed by atoms with Gasteiger partial charge < -0.3 is 4.90 Å². The average Bonchev–Trinajstić information content (AvgIpc) is 3.16. The van der Waals surface area contributed by atoms with Gasteiger partial charge in [-0.3, -0.25) is 9.69 Å². The van der Waals surface area contributed by atoms with Crippen molar-refractivity contribution in [2.45, 2.75) is 37.9 Å². The highest BCUT2D eigenvalue weighted by Gasteiger charge is 2.38.